The normalized spacial score (nSPS) is 22.8. The SMILES string of the molecule is CNS(=O)(=O)c1ccc(NC(C)CN2CC(C)CC(C)C2)c([N+](=O)[O-])c1. The largest absolute Gasteiger partial charge is 0.376 e. The Morgan fingerprint density at radius 3 is 2.46 bits per heavy atom. The van der Waals surface area contributed by atoms with Crippen molar-refractivity contribution in [3.63, 3.8) is 0 Å². The van der Waals surface area contributed by atoms with Crippen LogP contribution in [0.1, 0.15) is 27.2 Å². The summed E-state index contributed by atoms with van der Waals surface area (Å²) in [4.78, 5) is 13.1. The van der Waals surface area contributed by atoms with Crippen molar-refractivity contribution in [1.29, 1.82) is 0 Å². The number of piperidine rings is 1. The van der Waals surface area contributed by atoms with Gasteiger partial charge < -0.3 is 10.2 Å². The fourth-order valence-electron chi connectivity index (χ4n) is 3.71. The Morgan fingerprint density at radius 2 is 1.92 bits per heavy atom. The third-order valence-electron chi connectivity index (χ3n) is 4.62. The van der Waals surface area contributed by atoms with E-state index in [1.165, 1.54) is 25.6 Å². The van der Waals surface area contributed by atoms with Crippen LogP contribution in [0.3, 0.4) is 0 Å². The van der Waals surface area contributed by atoms with Gasteiger partial charge >= 0.3 is 0 Å². The van der Waals surface area contributed by atoms with Crippen molar-refractivity contribution in [3.8, 4) is 0 Å². The molecule has 146 valence electrons. The molecule has 2 rings (SSSR count). The van der Waals surface area contributed by atoms with Crippen LogP contribution in [0.25, 0.3) is 0 Å². The van der Waals surface area contributed by atoms with E-state index in [2.05, 4.69) is 28.8 Å². The molecule has 2 N–H and O–H groups in total. The maximum absolute atomic E-state index is 11.9. The number of benzene rings is 1. The molecule has 0 amide bonds. The highest BCUT2D eigenvalue weighted by Crippen LogP contribution is 2.28. The van der Waals surface area contributed by atoms with Gasteiger partial charge in [0.05, 0.1) is 9.82 Å². The first kappa shape index (κ1) is 20.6. The predicted molar refractivity (Wildman–Crippen MR) is 102 cm³/mol. The predicted octanol–water partition coefficient (Wildman–Crippen LogP) is 2.28. The second-order valence-corrected chi connectivity index (χ2v) is 9.24. The Bertz CT molecular complexity index is 743. The van der Waals surface area contributed by atoms with Gasteiger partial charge in [-0.1, -0.05) is 13.8 Å². The van der Waals surface area contributed by atoms with Gasteiger partial charge in [-0.3, -0.25) is 10.1 Å². The molecule has 9 heteroatoms. The number of nitrogens with one attached hydrogen (secondary N) is 2. The topological polar surface area (TPSA) is 105 Å². The van der Waals surface area contributed by atoms with Crippen LogP contribution in [-0.4, -0.2) is 51.0 Å². The molecule has 0 saturated carbocycles. The van der Waals surface area contributed by atoms with E-state index in [1.54, 1.807) is 0 Å². The summed E-state index contributed by atoms with van der Waals surface area (Å²) < 4.78 is 25.9. The molecule has 0 spiro atoms. The first-order valence-electron chi connectivity index (χ1n) is 8.83. The maximum atomic E-state index is 11.9. The maximum Gasteiger partial charge on any atom is 0.293 e. The van der Waals surface area contributed by atoms with E-state index in [9.17, 15) is 18.5 Å². The molecule has 0 bridgehead atoms. The summed E-state index contributed by atoms with van der Waals surface area (Å²) in [5.74, 6) is 1.29. The molecule has 1 aliphatic heterocycles. The van der Waals surface area contributed by atoms with E-state index < -0.39 is 14.9 Å². The molecule has 0 aliphatic carbocycles. The van der Waals surface area contributed by atoms with Crippen LogP contribution in [0.15, 0.2) is 23.1 Å². The Morgan fingerprint density at radius 1 is 1.31 bits per heavy atom. The highest BCUT2D eigenvalue weighted by Gasteiger charge is 2.25. The Kier molecular flexibility index (Phi) is 6.59. The molecule has 3 unspecified atom stereocenters. The summed E-state index contributed by atoms with van der Waals surface area (Å²) in [6.45, 7) is 9.29. The van der Waals surface area contributed by atoms with Crippen molar-refractivity contribution in [2.75, 3.05) is 32.0 Å². The molecule has 0 aromatic heterocycles. The molecule has 1 saturated heterocycles. The number of nitro groups is 1. The van der Waals surface area contributed by atoms with Crippen molar-refractivity contribution in [3.05, 3.63) is 28.3 Å². The van der Waals surface area contributed by atoms with E-state index in [1.807, 2.05) is 6.92 Å². The fraction of sp³-hybridized carbons (Fsp3) is 0.647. The fourth-order valence-corrected chi connectivity index (χ4v) is 4.46. The van der Waals surface area contributed by atoms with Crippen molar-refractivity contribution in [2.45, 2.75) is 38.1 Å². The van der Waals surface area contributed by atoms with E-state index in [0.717, 1.165) is 25.7 Å². The van der Waals surface area contributed by atoms with Crippen LogP contribution in [0.2, 0.25) is 0 Å². The van der Waals surface area contributed by atoms with Gasteiger partial charge in [0.25, 0.3) is 5.69 Å². The number of anilines is 1. The first-order valence-corrected chi connectivity index (χ1v) is 10.3. The Balaban J connectivity index is 2.14. The van der Waals surface area contributed by atoms with E-state index in [0.29, 0.717) is 17.5 Å². The highest BCUT2D eigenvalue weighted by molar-refractivity contribution is 7.89. The van der Waals surface area contributed by atoms with Crippen LogP contribution >= 0.6 is 0 Å². The third kappa shape index (κ3) is 5.15. The van der Waals surface area contributed by atoms with Crippen molar-refractivity contribution < 1.29 is 13.3 Å². The number of rotatable bonds is 7. The van der Waals surface area contributed by atoms with E-state index in [-0.39, 0.29) is 16.6 Å². The zero-order valence-corrected chi connectivity index (χ0v) is 16.5. The number of nitrogens with zero attached hydrogens (tertiary/aromatic N) is 2. The highest BCUT2D eigenvalue weighted by atomic mass is 32.2. The smallest absolute Gasteiger partial charge is 0.293 e. The number of hydrogen-bond donors (Lipinski definition) is 2. The van der Waals surface area contributed by atoms with Crippen LogP contribution in [-0.2, 0) is 10.0 Å². The van der Waals surface area contributed by atoms with Gasteiger partial charge in [-0.2, -0.15) is 0 Å². The summed E-state index contributed by atoms with van der Waals surface area (Å²) in [7, 11) is -2.45. The molecule has 8 nitrogen and oxygen atoms in total. The molecule has 1 aromatic rings. The van der Waals surface area contributed by atoms with Crippen molar-refractivity contribution in [1.82, 2.24) is 9.62 Å². The van der Waals surface area contributed by atoms with Crippen LogP contribution in [0, 0.1) is 22.0 Å². The molecular weight excluding hydrogens is 356 g/mol. The van der Waals surface area contributed by atoms with Crippen LogP contribution in [0.4, 0.5) is 11.4 Å². The number of sulfonamides is 1. The Labute approximate surface area is 155 Å². The van der Waals surface area contributed by atoms with Gasteiger partial charge in [-0.05, 0) is 44.4 Å². The van der Waals surface area contributed by atoms with Gasteiger partial charge in [0, 0.05) is 31.7 Å². The lowest BCUT2D eigenvalue weighted by atomic mass is 9.92. The van der Waals surface area contributed by atoms with Crippen LogP contribution in [0.5, 0.6) is 0 Å². The monoisotopic (exact) mass is 384 g/mol. The van der Waals surface area contributed by atoms with E-state index >= 15 is 0 Å². The number of nitro benzene ring substituents is 1. The molecule has 3 atom stereocenters. The van der Waals surface area contributed by atoms with Gasteiger partial charge in [0.15, 0.2) is 0 Å². The second kappa shape index (κ2) is 8.32. The quantitative estimate of drug-likeness (QED) is 0.552. The average molecular weight is 385 g/mol. The molecule has 1 fully saturated rings. The lowest BCUT2D eigenvalue weighted by Crippen LogP contribution is -2.43. The zero-order chi connectivity index (χ0) is 19.5. The average Bonchev–Trinajstić information content (AvgIpc) is 2.53. The summed E-state index contributed by atoms with van der Waals surface area (Å²) in [6.07, 6.45) is 1.23. The first-order chi connectivity index (χ1) is 12.1. The molecule has 26 heavy (non-hydrogen) atoms. The molecule has 1 aliphatic rings. The minimum absolute atomic E-state index is 0.00189. The standard InChI is InChI=1S/C17H28N4O4S/c1-12-7-13(2)10-20(9-12)11-14(3)19-16-6-5-15(26(24,25)18-4)8-17(16)21(22)23/h5-6,8,12-14,18-19H,7,9-11H2,1-4H3. The number of hydrogen-bond acceptors (Lipinski definition) is 6. The molecule has 0 radical (unpaired) electrons. The minimum Gasteiger partial charge on any atom is -0.376 e. The molecule has 1 aromatic carbocycles. The minimum atomic E-state index is -3.72. The molecule has 1 heterocycles. The summed E-state index contributed by atoms with van der Waals surface area (Å²) >= 11 is 0. The number of likely N-dealkylation sites (tertiary alicyclic amines) is 1. The van der Waals surface area contributed by atoms with Crippen molar-refractivity contribution in [2.24, 2.45) is 11.8 Å². The van der Waals surface area contributed by atoms with E-state index in [4.69, 9.17) is 0 Å². The van der Waals surface area contributed by atoms with Gasteiger partial charge in [-0.15, -0.1) is 0 Å². The molecular formula is C17H28N4O4S. The van der Waals surface area contributed by atoms with Crippen molar-refractivity contribution >= 4 is 21.4 Å². The third-order valence-corrected chi connectivity index (χ3v) is 6.04. The van der Waals surface area contributed by atoms with Gasteiger partial charge in [0.2, 0.25) is 10.0 Å². The lowest BCUT2D eigenvalue weighted by Gasteiger charge is -2.36. The summed E-state index contributed by atoms with van der Waals surface area (Å²) in [5.41, 5.74) is 0.0872. The van der Waals surface area contributed by atoms with Gasteiger partial charge in [0.1, 0.15) is 5.69 Å². The van der Waals surface area contributed by atoms with Gasteiger partial charge in [-0.25, -0.2) is 13.1 Å². The summed E-state index contributed by atoms with van der Waals surface area (Å²) in [6, 6.07) is 3.92. The second-order valence-electron chi connectivity index (χ2n) is 7.35. The lowest BCUT2D eigenvalue weighted by molar-refractivity contribution is -0.384. The zero-order valence-electron chi connectivity index (χ0n) is 15.7. The van der Waals surface area contributed by atoms with Crippen LogP contribution < -0.4 is 10.0 Å². The Hall–Kier alpha value is -1.71. The summed E-state index contributed by atoms with van der Waals surface area (Å²) in [5, 5.41) is 14.6.